The summed E-state index contributed by atoms with van der Waals surface area (Å²) in [6.45, 7) is 1.88. The fraction of sp³-hybridized carbons (Fsp3) is 0.154. The van der Waals surface area contributed by atoms with Crippen LogP contribution in [0.25, 0.3) is 0 Å². The molecule has 0 fully saturated rings. The van der Waals surface area contributed by atoms with Crippen LogP contribution in [0.3, 0.4) is 0 Å². The maximum atomic E-state index is 13.7. The van der Waals surface area contributed by atoms with Gasteiger partial charge in [0, 0.05) is 16.4 Å². The highest BCUT2D eigenvalue weighted by atomic mass is 35.5. The van der Waals surface area contributed by atoms with E-state index in [0.717, 1.165) is 17.0 Å². The van der Waals surface area contributed by atoms with Crippen molar-refractivity contribution in [2.24, 2.45) is 0 Å². The molecule has 0 saturated carbocycles. The predicted molar refractivity (Wildman–Crippen MR) is 140 cm³/mol. The molecule has 6 nitrogen and oxygen atoms in total. The number of rotatable bonds is 6. The summed E-state index contributed by atoms with van der Waals surface area (Å²) < 4.78 is 10.7. The predicted octanol–water partition coefficient (Wildman–Crippen LogP) is 5.71. The molecule has 0 aliphatic carbocycles. The molecule has 0 bridgehead atoms. The van der Waals surface area contributed by atoms with Crippen molar-refractivity contribution in [3.63, 3.8) is 0 Å². The second-order valence-electron chi connectivity index (χ2n) is 7.62. The molecule has 0 aromatic heterocycles. The smallest absolute Gasteiger partial charge is 0.255 e. The van der Waals surface area contributed by atoms with Crippen molar-refractivity contribution >= 4 is 46.2 Å². The van der Waals surface area contributed by atoms with Crippen LogP contribution in [-0.2, 0) is 4.79 Å². The highest BCUT2D eigenvalue weighted by Gasteiger charge is 2.35. The van der Waals surface area contributed by atoms with E-state index in [4.69, 9.17) is 33.3 Å². The molecule has 1 heterocycles. The van der Waals surface area contributed by atoms with Crippen molar-refractivity contribution < 1.29 is 14.3 Å². The van der Waals surface area contributed by atoms with Crippen molar-refractivity contribution in [2.75, 3.05) is 24.4 Å². The quantitative estimate of drug-likeness (QED) is 0.429. The number of hydrogen-bond donors (Lipinski definition) is 2. The number of carbonyl (C=O) groups is 1. The number of amides is 1. The zero-order valence-electron chi connectivity index (χ0n) is 19.0. The van der Waals surface area contributed by atoms with Crippen LogP contribution in [0.2, 0.25) is 5.02 Å². The molecule has 0 radical (unpaired) electrons. The minimum atomic E-state index is -0.490. The number of anilines is 2. The average Bonchev–Trinajstić information content (AvgIpc) is 2.84. The van der Waals surface area contributed by atoms with Gasteiger partial charge in [-0.1, -0.05) is 35.9 Å². The maximum absolute atomic E-state index is 13.7. The Bertz CT molecular complexity index is 1260. The number of nitrogens with one attached hydrogen (secondary N) is 2. The number of methoxy groups -OCH3 is 2. The summed E-state index contributed by atoms with van der Waals surface area (Å²) in [6.07, 6.45) is 0. The Morgan fingerprint density at radius 2 is 1.76 bits per heavy atom. The maximum Gasteiger partial charge on any atom is 0.255 e. The molecule has 1 unspecified atom stereocenters. The van der Waals surface area contributed by atoms with Gasteiger partial charge in [0.1, 0.15) is 11.5 Å². The zero-order chi connectivity index (χ0) is 24.2. The van der Waals surface area contributed by atoms with Crippen LogP contribution in [0.4, 0.5) is 11.4 Å². The number of carbonyl (C=O) groups excluding carboxylic acids is 1. The third kappa shape index (κ3) is 4.71. The molecule has 1 amide bonds. The second-order valence-corrected chi connectivity index (χ2v) is 8.45. The third-order valence-electron chi connectivity index (χ3n) is 5.60. The number of ether oxygens (including phenoxy) is 2. The van der Waals surface area contributed by atoms with Crippen LogP contribution in [0, 0.1) is 0 Å². The van der Waals surface area contributed by atoms with Crippen LogP contribution >= 0.6 is 23.8 Å². The lowest BCUT2D eigenvalue weighted by atomic mass is 9.94. The monoisotopic (exact) mass is 493 g/mol. The first-order chi connectivity index (χ1) is 16.4. The molecular weight excluding hydrogens is 470 g/mol. The Kier molecular flexibility index (Phi) is 7.05. The summed E-state index contributed by atoms with van der Waals surface area (Å²) in [5.41, 5.74) is 3.42. The highest BCUT2D eigenvalue weighted by Crippen LogP contribution is 2.36. The first-order valence-corrected chi connectivity index (χ1v) is 11.4. The molecule has 3 aromatic rings. The molecule has 1 aliphatic rings. The molecule has 4 rings (SSSR count). The van der Waals surface area contributed by atoms with Crippen LogP contribution < -0.4 is 25.0 Å². The van der Waals surface area contributed by atoms with Crippen molar-refractivity contribution in [3.8, 4) is 11.5 Å². The molecule has 0 spiro atoms. The molecule has 3 aromatic carbocycles. The van der Waals surface area contributed by atoms with E-state index in [-0.39, 0.29) is 5.91 Å². The molecule has 0 saturated heterocycles. The van der Waals surface area contributed by atoms with Gasteiger partial charge < -0.3 is 20.1 Å². The lowest BCUT2D eigenvalue weighted by Gasteiger charge is -2.38. The fourth-order valence-corrected chi connectivity index (χ4v) is 4.51. The van der Waals surface area contributed by atoms with E-state index in [1.807, 2.05) is 66.4 Å². The number of thiocarbonyl (C=S) groups is 1. The number of nitrogens with zero attached hydrogens (tertiary/aromatic N) is 1. The Morgan fingerprint density at radius 3 is 2.44 bits per heavy atom. The number of para-hydroxylation sites is 2. The largest absolute Gasteiger partial charge is 0.497 e. The highest BCUT2D eigenvalue weighted by molar-refractivity contribution is 7.80. The fourth-order valence-electron chi connectivity index (χ4n) is 3.95. The average molecular weight is 494 g/mol. The van der Waals surface area contributed by atoms with E-state index < -0.39 is 6.04 Å². The van der Waals surface area contributed by atoms with Gasteiger partial charge >= 0.3 is 0 Å². The summed E-state index contributed by atoms with van der Waals surface area (Å²) in [6, 6.07) is 21.7. The molecule has 8 heteroatoms. The Hall–Kier alpha value is -3.55. The lowest BCUT2D eigenvalue weighted by molar-refractivity contribution is -0.113. The van der Waals surface area contributed by atoms with Crippen LogP contribution in [0.1, 0.15) is 18.5 Å². The van der Waals surface area contributed by atoms with E-state index in [2.05, 4.69) is 10.6 Å². The third-order valence-corrected chi connectivity index (χ3v) is 6.13. The van der Waals surface area contributed by atoms with Gasteiger partial charge in [-0.15, -0.1) is 0 Å². The zero-order valence-corrected chi connectivity index (χ0v) is 20.5. The van der Waals surface area contributed by atoms with E-state index in [1.165, 1.54) is 0 Å². The summed E-state index contributed by atoms with van der Waals surface area (Å²) in [5, 5.41) is 7.37. The van der Waals surface area contributed by atoms with E-state index in [0.29, 0.717) is 32.8 Å². The van der Waals surface area contributed by atoms with Crippen molar-refractivity contribution in [3.05, 3.63) is 94.7 Å². The SMILES string of the molecule is COc1ccc(N2C(=S)NC(c3cccc(Cl)c3)C(C(=O)Nc3ccccc3OC)=C2C)cc1. The van der Waals surface area contributed by atoms with Crippen LogP contribution in [0.15, 0.2) is 84.1 Å². The first kappa shape index (κ1) is 23.6. The molecule has 1 atom stereocenters. The summed E-state index contributed by atoms with van der Waals surface area (Å²) in [7, 11) is 3.18. The van der Waals surface area contributed by atoms with Gasteiger partial charge in [0.05, 0.1) is 31.5 Å². The second kappa shape index (κ2) is 10.2. The Morgan fingerprint density at radius 1 is 1.03 bits per heavy atom. The minimum Gasteiger partial charge on any atom is -0.497 e. The Labute approximate surface area is 209 Å². The van der Waals surface area contributed by atoms with Crippen LogP contribution in [0.5, 0.6) is 11.5 Å². The van der Waals surface area contributed by atoms with Crippen LogP contribution in [-0.4, -0.2) is 25.2 Å². The van der Waals surface area contributed by atoms with Gasteiger partial charge in [0.15, 0.2) is 5.11 Å². The lowest BCUT2D eigenvalue weighted by Crippen LogP contribution is -2.48. The standard InChI is InChI=1S/C26H24ClN3O3S/c1-16-23(25(31)28-21-9-4-5-10-22(21)33-3)24(17-7-6-8-18(27)15-17)29-26(34)30(16)19-11-13-20(32-2)14-12-19/h4-15,24H,1-3H3,(H,28,31)(H,29,34). The van der Waals surface area contributed by atoms with Gasteiger partial charge in [-0.3, -0.25) is 9.69 Å². The van der Waals surface area contributed by atoms with Crippen molar-refractivity contribution in [2.45, 2.75) is 13.0 Å². The van der Waals surface area contributed by atoms with E-state index in [9.17, 15) is 4.79 Å². The van der Waals surface area contributed by atoms with Gasteiger partial charge in [-0.25, -0.2) is 0 Å². The van der Waals surface area contributed by atoms with Crippen molar-refractivity contribution in [1.29, 1.82) is 0 Å². The topological polar surface area (TPSA) is 62.8 Å². The van der Waals surface area contributed by atoms with Gasteiger partial charge in [-0.05, 0) is 73.2 Å². The first-order valence-electron chi connectivity index (χ1n) is 10.6. The normalized spacial score (nSPS) is 15.6. The summed E-state index contributed by atoms with van der Waals surface area (Å²) in [4.78, 5) is 15.6. The number of allylic oxidation sites excluding steroid dienone is 1. The van der Waals surface area contributed by atoms with Gasteiger partial charge in [0.25, 0.3) is 5.91 Å². The molecule has 174 valence electrons. The summed E-state index contributed by atoms with van der Waals surface area (Å²) in [5.74, 6) is 1.02. The van der Waals surface area contributed by atoms with Gasteiger partial charge in [0.2, 0.25) is 0 Å². The molecule has 1 aliphatic heterocycles. The molecule has 2 N–H and O–H groups in total. The molecular formula is C26H24ClN3O3S. The minimum absolute atomic E-state index is 0.277. The van der Waals surface area contributed by atoms with Crippen molar-refractivity contribution in [1.82, 2.24) is 5.32 Å². The van der Waals surface area contributed by atoms with E-state index in [1.54, 1.807) is 32.4 Å². The van der Waals surface area contributed by atoms with E-state index >= 15 is 0 Å². The molecule has 34 heavy (non-hydrogen) atoms. The number of hydrogen-bond acceptors (Lipinski definition) is 4. The number of benzene rings is 3. The Balaban J connectivity index is 1.81. The van der Waals surface area contributed by atoms with Gasteiger partial charge in [-0.2, -0.15) is 0 Å². The number of halogens is 1. The summed E-state index contributed by atoms with van der Waals surface area (Å²) >= 11 is 12.0.